The lowest BCUT2D eigenvalue weighted by atomic mass is 10.1. The summed E-state index contributed by atoms with van der Waals surface area (Å²) in [7, 11) is -2.84. The first-order valence-corrected chi connectivity index (χ1v) is 8.90. The minimum atomic E-state index is -2.84. The van der Waals surface area contributed by atoms with Crippen LogP contribution in [0.4, 0.5) is 0 Å². The number of para-hydroxylation sites is 1. The SMILES string of the molecule is O=c1[nH]c2ccccc2cc1CNC1CCS(=O)(=O)CC1. The Labute approximate surface area is 123 Å². The van der Waals surface area contributed by atoms with Gasteiger partial charge in [-0.15, -0.1) is 0 Å². The molecule has 0 unspecified atom stereocenters. The lowest BCUT2D eigenvalue weighted by molar-refractivity contribution is 0.462. The molecule has 1 aromatic heterocycles. The van der Waals surface area contributed by atoms with Gasteiger partial charge in [-0.3, -0.25) is 4.79 Å². The molecule has 2 N–H and O–H groups in total. The third-order valence-electron chi connectivity index (χ3n) is 3.97. The van der Waals surface area contributed by atoms with Crippen LogP contribution in [0.15, 0.2) is 35.1 Å². The van der Waals surface area contributed by atoms with Gasteiger partial charge in [0.2, 0.25) is 0 Å². The molecule has 1 aromatic carbocycles. The summed E-state index contributed by atoms with van der Waals surface area (Å²) in [6.07, 6.45) is 1.24. The first kappa shape index (κ1) is 14.3. The highest BCUT2D eigenvalue weighted by Crippen LogP contribution is 2.13. The van der Waals surface area contributed by atoms with E-state index < -0.39 is 9.84 Å². The summed E-state index contributed by atoms with van der Waals surface area (Å²) in [5.74, 6) is 0.470. The van der Waals surface area contributed by atoms with E-state index >= 15 is 0 Å². The number of fused-ring (bicyclic) bond motifs is 1. The van der Waals surface area contributed by atoms with Gasteiger partial charge < -0.3 is 10.3 Å². The number of sulfone groups is 1. The molecular weight excluding hydrogens is 288 g/mol. The van der Waals surface area contributed by atoms with Crippen molar-refractivity contribution in [1.29, 1.82) is 0 Å². The molecule has 1 aliphatic heterocycles. The van der Waals surface area contributed by atoms with Gasteiger partial charge in [0.25, 0.3) is 5.56 Å². The molecule has 0 atom stereocenters. The van der Waals surface area contributed by atoms with Gasteiger partial charge in [0.15, 0.2) is 0 Å². The maximum atomic E-state index is 12.0. The second kappa shape index (κ2) is 5.61. The molecule has 6 heteroatoms. The van der Waals surface area contributed by atoms with Gasteiger partial charge in [-0.25, -0.2) is 8.42 Å². The normalized spacial score (nSPS) is 18.9. The Morgan fingerprint density at radius 3 is 2.67 bits per heavy atom. The van der Waals surface area contributed by atoms with E-state index in [0.29, 0.717) is 24.9 Å². The number of rotatable bonds is 3. The van der Waals surface area contributed by atoms with E-state index in [2.05, 4.69) is 10.3 Å². The Balaban J connectivity index is 1.71. The fourth-order valence-corrected chi connectivity index (χ4v) is 4.16. The Hall–Kier alpha value is -1.66. The molecule has 0 spiro atoms. The molecule has 2 aromatic rings. The maximum Gasteiger partial charge on any atom is 0.252 e. The molecule has 1 fully saturated rings. The van der Waals surface area contributed by atoms with Crippen LogP contribution < -0.4 is 10.9 Å². The highest BCUT2D eigenvalue weighted by atomic mass is 32.2. The van der Waals surface area contributed by atoms with Crippen LogP contribution in [0.3, 0.4) is 0 Å². The lowest BCUT2D eigenvalue weighted by Crippen LogP contribution is -2.38. The van der Waals surface area contributed by atoms with Gasteiger partial charge in [0.1, 0.15) is 9.84 Å². The monoisotopic (exact) mass is 306 g/mol. The average molecular weight is 306 g/mol. The fraction of sp³-hybridized carbons (Fsp3) is 0.400. The zero-order chi connectivity index (χ0) is 14.9. The standard InChI is InChI=1S/C15H18N2O3S/c18-15-12(9-11-3-1-2-4-14(11)17-15)10-16-13-5-7-21(19,20)8-6-13/h1-4,9,13,16H,5-8,10H2,(H,17,18). The van der Waals surface area contributed by atoms with Gasteiger partial charge in [0.05, 0.1) is 11.5 Å². The summed E-state index contributed by atoms with van der Waals surface area (Å²) < 4.78 is 22.8. The van der Waals surface area contributed by atoms with E-state index in [1.54, 1.807) is 0 Å². The van der Waals surface area contributed by atoms with Crippen molar-refractivity contribution in [3.63, 3.8) is 0 Å². The molecule has 0 aliphatic carbocycles. The first-order chi connectivity index (χ1) is 10.0. The molecule has 5 nitrogen and oxygen atoms in total. The number of aromatic amines is 1. The van der Waals surface area contributed by atoms with Gasteiger partial charge >= 0.3 is 0 Å². The molecule has 0 radical (unpaired) electrons. The van der Waals surface area contributed by atoms with Crippen LogP contribution in [0.2, 0.25) is 0 Å². The summed E-state index contributed by atoms with van der Waals surface area (Å²) in [5, 5.41) is 4.30. The van der Waals surface area contributed by atoms with Gasteiger partial charge in [-0.2, -0.15) is 0 Å². The van der Waals surface area contributed by atoms with Crippen molar-refractivity contribution in [2.75, 3.05) is 11.5 Å². The van der Waals surface area contributed by atoms with Gasteiger partial charge in [-0.05, 0) is 30.4 Å². The highest BCUT2D eigenvalue weighted by Gasteiger charge is 2.23. The fourth-order valence-electron chi connectivity index (χ4n) is 2.67. The topological polar surface area (TPSA) is 79.0 Å². The van der Waals surface area contributed by atoms with E-state index in [1.807, 2.05) is 30.3 Å². The van der Waals surface area contributed by atoms with E-state index in [0.717, 1.165) is 10.9 Å². The minimum absolute atomic E-state index is 0.0929. The van der Waals surface area contributed by atoms with E-state index in [-0.39, 0.29) is 23.1 Å². The molecule has 0 amide bonds. The van der Waals surface area contributed by atoms with E-state index in [1.165, 1.54) is 0 Å². The van der Waals surface area contributed by atoms with Crippen molar-refractivity contribution < 1.29 is 8.42 Å². The van der Waals surface area contributed by atoms with Crippen molar-refractivity contribution in [3.8, 4) is 0 Å². The number of aromatic nitrogens is 1. The number of benzene rings is 1. The number of hydrogen-bond acceptors (Lipinski definition) is 4. The number of pyridine rings is 1. The van der Waals surface area contributed by atoms with Crippen molar-refractivity contribution in [3.05, 3.63) is 46.2 Å². The second-order valence-electron chi connectivity index (χ2n) is 5.52. The van der Waals surface area contributed by atoms with Gasteiger partial charge in [0, 0.05) is 23.7 Å². The van der Waals surface area contributed by atoms with E-state index in [4.69, 9.17) is 0 Å². The largest absolute Gasteiger partial charge is 0.322 e. The smallest absolute Gasteiger partial charge is 0.252 e. The summed E-state index contributed by atoms with van der Waals surface area (Å²) in [6, 6.07) is 9.71. The quantitative estimate of drug-likeness (QED) is 0.893. The van der Waals surface area contributed by atoms with Crippen LogP contribution in [-0.2, 0) is 16.4 Å². The molecule has 112 valence electrons. The molecular formula is C15H18N2O3S. The van der Waals surface area contributed by atoms with Gasteiger partial charge in [-0.1, -0.05) is 18.2 Å². The molecule has 0 bridgehead atoms. The minimum Gasteiger partial charge on any atom is -0.322 e. The zero-order valence-corrected chi connectivity index (χ0v) is 12.4. The van der Waals surface area contributed by atoms with Crippen LogP contribution in [0, 0.1) is 0 Å². The first-order valence-electron chi connectivity index (χ1n) is 7.08. The molecule has 21 heavy (non-hydrogen) atoms. The highest BCUT2D eigenvalue weighted by molar-refractivity contribution is 7.91. The second-order valence-corrected chi connectivity index (χ2v) is 7.82. The number of nitrogens with one attached hydrogen (secondary N) is 2. The van der Waals surface area contributed by atoms with Crippen molar-refractivity contribution in [2.24, 2.45) is 0 Å². The summed E-state index contributed by atoms with van der Waals surface area (Å²) >= 11 is 0. The van der Waals surface area contributed by atoms with Crippen LogP contribution in [0.25, 0.3) is 10.9 Å². The molecule has 1 aliphatic rings. The molecule has 3 rings (SSSR count). The zero-order valence-electron chi connectivity index (χ0n) is 11.6. The average Bonchev–Trinajstić information content (AvgIpc) is 2.46. The Morgan fingerprint density at radius 1 is 1.19 bits per heavy atom. The van der Waals surface area contributed by atoms with Crippen LogP contribution in [0.1, 0.15) is 18.4 Å². The van der Waals surface area contributed by atoms with Crippen LogP contribution >= 0.6 is 0 Å². The van der Waals surface area contributed by atoms with Crippen molar-refractivity contribution >= 4 is 20.7 Å². The number of H-pyrrole nitrogens is 1. The Kier molecular flexibility index (Phi) is 3.82. The summed E-state index contributed by atoms with van der Waals surface area (Å²) in [4.78, 5) is 14.9. The third-order valence-corrected chi connectivity index (χ3v) is 5.68. The predicted molar refractivity (Wildman–Crippen MR) is 83.1 cm³/mol. The molecule has 2 heterocycles. The van der Waals surface area contributed by atoms with Crippen molar-refractivity contribution in [1.82, 2.24) is 10.3 Å². The van der Waals surface area contributed by atoms with Crippen molar-refractivity contribution in [2.45, 2.75) is 25.4 Å². The lowest BCUT2D eigenvalue weighted by Gasteiger charge is -2.23. The third kappa shape index (κ3) is 3.33. The predicted octanol–water partition coefficient (Wildman–Crippen LogP) is 1.19. The molecule has 1 saturated heterocycles. The molecule has 0 saturated carbocycles. The summed E-state index contributed by atoms with van der Waals surface area (Å²) in [5.41, 5.74) is 1.42. The van der Waals surface area contributed by atoms with Crippen LogP contribution in [-0.4, -0.2) is 30.9 Å². The number of hydrogen-bond donors (Lipinski definition) is 2. The Bertz CT molecular complexity index is 797. The Morgan fingerprint density at radius 2 is 1.90 bits per heavy atom. The van der Waals surface area contributed by atoms with E-state index in [9.17, 15) is 13.2 Å². The maximum absolute atomic E-state index is 12.0. The van der Waals surface area contributed by atoms with Crippen LogP contribution in [0.5, 0.6) is 0 Å². The summed E-state index contributed by atoms with van der Waals surface area (Å²) in [6.45, 7) is 0.463.